The number of carbonyl (C=O) groups excluding carboxylic acids is 1. The van der Waals surface area contributed by atoms with Crippen LogP contribution in [0.5, 0.6) is 0 Å². The largest absolute Gasteiger partial charge is 0.355 e. The number of benzene rings is 1. The van der Waals surface area contributed by atoms with Crippen LogP contribution in [0.1, 0.15) is 37.3 Å². The number of alkyl halides is 1. The smallest absolute Gasteiger partial charge is 0.220 e. The topological polar surface area (TPSA) is 29.1 Å². The lowest BCUT2D eigenvalue weighted by Crippen LogP contribution is -2.29. The highest BCUT2D eigenvalue weighted by Gasteiger charge is 2.06. The molecule has 100 valence electrons. The molecule has 0 aliphatic heterocycles. The van der Waals surface area contributed by atoms with Gasteiger partial charge in [0.05, 0.1) is 5.38 Å². The Morgan fingerprint density at radius 3 is 2.89 bits per heavy atom. The number of rotatable bonds is 7. The van der Waals surface area contributed by atoms with E-state index in [-0.39, 0.29) is 11.3 Å². The third kappa shape index (κ3) is 6.06. The molecule has 1 aromatic carbocycles. The minimum absolute atomic E-state index is 0.0536. The van der Waals surface area contributed by atoms with Gasteiger partial charge in [0, 0.05) is 13.0 Å². The summed E-state index contributed by atoms with van der Waals surface area (Å²) in [4.78, 5) is 11.6. The molecule has 1 unspecified atom stereocenters. The summed E-state index contributed by atoms with van der Waals surface area (Å²) in [6, 6.07) is 8.27. The molecular formula is C15H22ClNO. The van der Waals surface area contributed by atoms with E-state index in [1.165, 1.54) is 11.1 Å². The number of hydrogen-bond donors (Lipinski definition) is 1. The van der Waals surface area contributed by atoms with Crippen molar-refractivity contribution >= 4 is 17.5 Å². The maximum absolute atomic E-state index is 11.6. The van der Waals surface area contributed by atoms with Crippen LogP contribution in [0.3, 0.4) is 0 Å². The van der Waals surface area contributed by atoms with E-state index in [4.69, 9.17) is 11.6 Å². The van der Waals surface area contributed by atoms with E-state index >= 15 is 0 Å². The van der Waals surface area contributed by atoms with Crippen LogP contribution in [0.4, 0.5) is 0 Å². The van der Waals surface area contributed by atoms with Crippen LogP contribution >= 0.6 is 11.6 Å². The van der Waals surface area contributed by atoms with Gasteiger partial charge in [0.2, 0.25) is 5.91 Å². The molecule has 1 N–H and O–H groups in total. The third-order valence-electron chi connectivity index (χ3n) is 2.85. The van der Waals surface area contributed by atoms with E-state index in [2.05, 4.69) is 37.4 Å². The van der Waals surface area contributed by atoms with Crippen LogP contribution in [-0.2, 0) is 11.2 Å². The van der Waals surface area contributed by atoms with Crippen molar-refractivity contribution in [2.24, 2.45) is 0 Å². The highest BCUT2D eigenvalue weighted by molar-refractivity contribution is 6.20. The first-order valence-corrected chi connectivity index (χ1v) is 7.01. The average Bonchev–Trinajstić information content (AvgIpc) is 2.34. The number of halogens is 1. The lowest BCUT2D eigenvalue weighted by Gasteiger charge is -2.09. The Morgan fingerprint density at radius 2 is 2.22 bits per heavy atom. The second kappa shape index (κ2) is 8.15. The van der Waals surface area contributed by atoms with E-state index in [1.54, 1.807) is 0 Å². The predicted octanol–water partition coefficient (Wildman–Crippen LogP) is 3.45. The maximum Gasteiger partial charge on any atom is 0.220 e. The standard InChI is InChI=1S/C15H22ClNO/c1-3-5-14(16)11-17-15(18)9-8-13-7-4-6-12(2)10-13/h4,6-7,10,14H,3,5,8-9,11H2,1-2H3,(H,17,18). The minimum atomic E-state index is 0.0536. The molecule has 0 aromatic heterocycles. The first-order chi connectivity index (χ1) is 8.61. The lowest BCUT2D eigenvalue weighted by molar-refractivity contribution is -0.121. The van der Waals surface area contributed by atoms with Crippen LogP contribution in [0.2, 0.25) is 0 Å². The van der Waals surface area contributed by atoms with Gasteiger partial charge in [-0.3, -0.25) is 4.79 Å². The van der Waals surface area contributed by atoms with E-state index in [1.807, 2.05) is 6.07 Å². The number of hydrogen-bond acceptors (Lipinski definition) is 1. The first-order valence-electron chi connectivity index (χ1n) is 6.58. The minimum Gasteiger partial charge on any atom is -0.355 e. The van der Waals surface area contributed by atoms with Gasteiger partial charge in [-0.25, -0.2) is 0 Å². The zero-order valence-corrected chi connectivity index (χ0v) is 12.0. The monoisotopic (exact) mass is 267 g/mol. The van der Waals surface area contributed by atoms with Crippen molar-refractivity contribution in [3.8, 4) is 0 Å². The molecule has 1 amide bonds. The molecule has 0 saturated carbocycles. The molecule has 0 aliphatic rings. The molecule has 0 radical (unpaired) electrons. The Bertz CT molecular complexity index is 379. The van der Waals surface area contributed by atoms with Crippen molar-refractivity contribution in [1.29, 1.82) is 0 Å². The molecule has 2 nitrogen and oxygen atoms in total. The fourth-order valence-electron chi connectivity index (χ4n) is 1.85. The van der Waals surface area contributed by atoms with Crippen LogP contribution in [0.15, 0.2) is 24.3 Å². The predicted molar refractivity (Wildman–Crippen MR) is 77.1 cm³/mol. The molecule has 0 saturated heterocycles. The van der Waals surface area contributed by atoms with Gasteiger partial charge in [0.15, 0.2) is 0 Å². The van der Waals surface area contributed by atoms with Gasteiger partial charge in [-0.2, -0.15) is 0 Å². The van der Waals surface area contributed by atoms with Crippen molar-refractivity contribution < 1.29 is 4.79 Å². The van der Waals surface area contributed by atoms with Crippen molar-refractivity contribution in [2.45, 2.75) is 44.9 Å². The van der Waals surface area contributed by atoms with E-state index < -0.39 is 0 Å². The quantitative estimate of drug-likeness (QED) is 0.754. The summed E-state index contributed by atoms with van der Waals surface area (Å²) in [5.74, 6) is 0.0817. The summed E-state index contributed by atoms with van der Waals surface area (Å²) in [5, 5.41) is 2.93. The molecule has 0 aliphatic carbocycles. The number of nitrogens with one attached hydrogen (secondary N) is 1. The molecular weight excluding hydrogens is 246 g/mol. The number of amides is 1. The van der Waals surface area contributed by atoms with Gasteiger partial charge in [-0.1, -0.05) is 43.2 Å². The molecule has 1 atom stereocenters. The van der Waals surface area contributed by atoms with Gasteiger partial charge in [-0.05, 0) is 25.3 Å². The normalized spacial score (nSPS) is 12.2. The van der Waals surface area contributed by atoms with E-state index in [0.717, 1.165) is 19.3 Å². The van der Waals surface area contributed by atoms with Gasteiger partial charge in [-0.15, -0.1) is 11.6 Å². The Hall–Kier alpha value is -1.02. The molecule has 3 heteroatoms. The second-order valence-corrected chi connectivity index (χ2v) is 5.30. The molecule has 1 rings (SSSR count). The molecule has 0 fully saturated rings. The van der Waals surface area contributed by atoms with Crippen LogP contribution in [0.25, 0.3) is 0 Å². The second-order valence-electron chi connectivity index (χ2n) is 4.68. The Kier molecular flexibility index (Phi) is 6.81. The van der Waals surface area contributed by atoms with Crippen molar-refractivity contribution in [2.75, 3.05) is 6.54 Å². The first kappa shape index (κ1) is 15.0. The summed E-state index contributed by atoms with van der Waals surface area (Å²) >= 11 is 6.05. The lowest BCUT2D eigenvalue weighted by atomic mass is 10.1. The average molecular weight is 268 g/mol. The maximum atomic E-state index is 11.6. The van der Waals surface area contributed by atoms with Crippen molar-refractivity contribution in [3.63, 3.8) is 0 Å². The molecule has 1 aromatic rings. The van der Waals surface area contributed by atoms with Crippen LogP contribution in [0, 0.1) is 6.92 Å². The number of carbonyl (C=O) groups is 1. The Labute approximate surface area is 115 Å². The summed E-state index contributed by atoms with van der Waals surface area (Å²) in [5.41, 5.74) is 2.44. The van der Waals surface area contributed by atoms with Crippen LogP contribution < -0.4 is 5.32 Å². The molecule has 0 bridgehead atoms. The van der Waals surface area contributed by atoms with Gasteiger partial charge in [0.25, 0.3) is 0 Å². The summed E-state index contributed by atoms with van der Waals surface area (Å²) in [7, 11) is 0. The molecule has 0 spiro atoms. The zero-order chi connectivity index (χ0) is 13.4. The fraction of sp³-hybridized carbons (Fsp3) is 0.533. The molecule has 18 heavy (non-hydrogen) atoms. The van der Waals surface area contributed by atoms with Crippen molar-refractivity contribution in [3.05, 3.63) is 35.4 Å². The Balaban J connectivity index is 2.25. The van der Waals surface area contributed by atoms with Crippen molar-refractivity contribution in [1.82, 2.24) is 5.32 Å². The summed E-state index contributed by atoms with van der Waals surface area (Å²) < 4.78 is 0. The van der Waals surface area contributed by atoms with Gasteiger partial charge < -0.3 is 5.32 Å². The van der Waals surface area contributed by atoms with Crippen LogP contribution in [-0.4, -0.2) is 17.8 Å². The van der Waals surface area contributed by atoms with E-state index in [0.29, 0.717) is 13.0 Å². The van der Waals surface area contributed by atoms with E-state index in [9.17, 15) is 4.79 Å². The highest BCUT2D eigenvalue weighted by atomic mass is 35.5. The fourth-order valence-corrected chi connectivity index (χ4v) is 2.15. The SMILES string of the molecule is CCCC(Cl)CNC(=O)CCc1cccc(C)c1. The zero-order valence-electron chi connectivity index (χ0n) is 11.2. The Morgan fingerprint density at radius 1 is 1.44 bits per heavy atom. The van der Waals surface area contributed by atoms with Gasteiger partial charge in [0.1, 0.15) is 0 Å². The number of aryl methyl sites for hydroxylation is 2. The summed E-state index contributed by atoms with van der Waals surface area (Å²) in [6.45, 7) is 4.73. The highest BCUT2D eigenvalue weighted by Crippen LogP contribution is 2.07. The third-order valence-corrected chi connectivity index (χ3v) is 3.22. The van der Waals surface area contributed by atoms with Gasteiger partial charge >= 0.3 is 0 Å². The molecule has 0 heterocycles. The summed E-state index contributed by atoms with van der Waals surface area (Å²) in [6.07, 6.45) is 3.31.